The minimum atomic E-state index is -0.669. The molecule has 5 heteroatoms. The van der Waals surface area contributed by atoms with Gasteiger partial charge in [0.05, 0.1) is 0 Å². The van der Waals surface area contributed by atoms with Crippen LogP contribution in [0.3, 0.4) is 0 Å². The summed E-state index contributed by atoms with van der Waals surface area (Å²) < 4.78 is 27.0. The average molecular weight is 257 g/mol. The van der Waals surface area contributed by atoms with Crippen LogP contribution in [-0.2, 0) is 0 Å². The average Bonchev–Trinajstić information content (AvgIpc) is 2.30. The van der Waals surface area contributed by atoms with Crippen LogP contribution in [-0.4, -0.2) is 17.6 Å². The number of rotatable bonds is 6. The van der Waals surface area contributed by atoms with E-state index in [1.165, 1.54) is 0 Å². The summed E-state index contributed by atoms with van der Waals surface area (Å²) in [7, 11) is 0. The fourth-order valence-electron chi connectivity index (χ4n) is 1.77. The highest BCUT2D eigenvalue weighted by Crippen LogP contribution is 2.21. The van der Waals surface area contributed by atoms with Gasteiger partial charge in [-0.3, -0.25) is 0 Å². The van der Waals surface area contributed by atoms with Gasteiger partial charge in [-0.15, -0.1) is 0 Å². The molecule has 0 amide bonds. The maximum Gasteiger partial charge on any atom is 0.168 e. The zero-order chi connectivity index (χ0) is 13.7. The Kier molecular flexibility index (Phi) is 5.31. The molecule has 1 atom stereocenters. The molecule has 3 nitrogen and oxygen atoms in total. The molecule has 0 radical (unpaired) electrons. The summed E-state index contributed by atoms with van der Waals surface area (Å²) in [6.07, 6.45) is 0.854. The van der Waals surface area contributed by atoms with Crippen LogP contribution < -0.4 is 10.6 Å². The van der Waals surface area contributed by atoms with Crippen molar-refractivity contribution in [2.45, 2.75) is 40.2 Å². The van der Waals surface area contributed by atoms with Gasteiger partial charge in [0.15, 0.2) is 23.3 Å². The molecule has 0 aliphatic rings. The summed E-state index contributed by atoms with van der Waals surface area (Å²) in [4.78, 5) is 3.96. The first-order chi connectivity index (χ1) is 8.49. The topological polar surface area (TPSA) is 37.0 Å². The van der Waals surface area contributed by atoms with E-state index in [0.29, 0.717) is 12.5 Å². The highest BCUT2D eigenvalue weighted by molar-refractivity contribution is 5.48. The lowest BCUT2D eigenvalue weighted by Gasteiger charge is -2.22. The van der Waals surface area contributed by atoms with Gasteiger partial charge >= 0.3 is 0 Å². The first-order valence-corrected chi connectivity index (χ1v) is 6.36. The normalized spacial score (nSPS) is 12.6. The van der Waals surface area contributed by atoms with Gasteiger partial charge in [-0.2, -0.15) is 0 Å². The Hall–Kier alpha value is -1.39. The standard InChI is InChI=1S/C13H21F2N3/c1-5-11(8(3)4)17-13-10(15)7-9(14)12(18-13)16-6-2/h7-8,11H,5-6H2,1-4H3,(H2,16,17,18). The molecular formula is C13H21F2N3. The summed E-state index contributed by atoms with van der Waals surface area (Å²) in [5, 5.41) is 5.80. The Morgan fingerprint density at radius 1 is 1.17 bits per heavy atom. The lowest BCUT2D eigenvalue weighted by Crippen LogP contribution is -2.26. The predicted molar refractivity (Wildman–Crippen MR) is 70.9 cm³/mol. The van der Waals surface area contributed by atoms with Crippen molar-refractivity contribution in [2.75, 3.05) is 17.2 Å². The maximum absolute atomic E-state index is 13.6. The summed E-state index contributed by atoms with van der Waals surface area (Å²) >= 11 is 0. The first kappa shape index (κ1) is 14.7. The van der Waals surface area contributed by atoms with E-state index in [2.05, 4.69) is 15.6 Å². The van der Waals surface area contributed by atoms with E-state index in [1.54, 1.807) is 0 Å². The van der Waals surface area contributed by atoms with Gasteiger partial charge in [-0.05, 0) is 19.3 Å². The predicted octanol–water partition coefficient (Wildman–Crippen LogP) is 3.64. The Bertz CT molecular complexity index is 394. The van der Waals surface area contributed by atoms with Crippen molar-refractivity contribution in [3.63, 3.8) is 0 Å². The van der Waals surface area contributed by atoms with Gasteiger partial charge in [0, 0.05) is 18.7 Å². The molecule has 0 aliphatic carbocycles. The number of aromatic nitrogens is 1. The van der Waals surface area contributed by atoms with Crippen molar-refractivity contribution in [3.8, 4) is 0 Å². The second-order valence-corrected chi connectivity index (χ2v) is 4.58. The Morgan fingerprint density at radius 3 is 2.28 bits per heavy atom. The molecule has 1 heterocycles. The molecule has 0 saturated carbocycles. The minimum Gasteiger partial charge on any atom is -0.368 e. The molecule has 18 heavy (non-hydrogen) atoms. The smallest absolute Gasteiger partial charge is 0.168 e. The van der Waals surface area contributed by atoms with Crippen LogP contribution in [0.25, 0.3) is 0 Å². The van der Waals surface area contributed by atoms with Crippen LogP contribution in [0.5, 0.6) is 0 Å². The third kappa shape index (κ3) is 3.55. The van der Waals surface area contributed by atoms with Gasteiger partial charge < -0.3 is 10.6 Å². The van der Waals surface area contributed by atoms with E-state index in [-0.39, 0.29) is 17.7 Å². The Balaban J connectivity index is 2.97. The van der Waals surface area contributed by atoms with Crippen molar-refractivity contribution < 1.29 is 8.78 Å². The number of hydrogen-bond donors (Lipinski definition) is 2. The summed E-state index contributed by atoms with van der Waals surface area (Å²) in [6, 6.07) is 0.979. The molecule has 102 valence electrons. The number of halogens is 2. The second kappa shape index (κ2) is 6.52. The van der Waals surface area contributed by atoms with E-state index in [1.807, 2.05) is 27.7 Å². The molecular weight excluding hydrogens is 236 g/mol. The fourth-order valence-corrected chi connectivity index (χ4v) is 1.77. The SMILES string of the molecule is CCNc1nc(NC(CC)C(C)C)c(F)cc1F. The minimum absolute atomic E-state index is 0.0833. The molecule has 0 saturated heterocycles. The van der Waals surface area contributed by atoms with Gasteiger partial charge in [-0.1, -0.05) is 20.8 Å². The van der Waals surface area contributed by atoms with Crippen LogP contribution in [0.2, 0.25) is 0 Å². The van der Waals surface area contributed by atoms with Crippen molar-refractivity contribution in [1.29, 1.82) is 0 Å². The molecule has 1 rings (SSSR count). The third-order valence-electron chi connectivity index (χ3n) is 2.84. The van der Waals surface area contributed by atoms with Gasteiger partial charge in [0.25, 0.3) is 0 Å². The quantitative estimate of drug-likeness (QED) is 0.817. The van der Waals surface area contributed by atoms with E-state index < -0.39 is 11.6 Å². The number of anilines is 2. The molecule has 1 aromatic heterocycles. The van der Waals surface area contributed by atoms with Crippen LogP contribution in [0.4, 0.5) is 20.4 Å². The van der Waals surface area contributed by atoms with Crippen LogP contribution >= 0.6 is 0 Å². The van der Waals surface area contributed by atoms with Gasteiger partial charge in [0.2, 0.25) is 0 Å². The molecule has 1 aromatic rings. The van der Waals surface area contributed by atoms with Crippen LogP contribution in [0.1, 0.15) is 34.1 Å². The number of hydrogen-bond acceptors (Lipinski definition) is 3. The summed E-state index contributed by atoms with van der Waals surface area (Å²) in [5.74, 6) is -0.789. The number of pyridine rings is 1. The van der Waals surface area contributed by atoms with Crippen molar-refractivity contribution in [2.24, 2.45) is 5.92 Å². The number of nitrogens with one attached hydrogen (secondary N) is 2. The monoisotopic (exact) mass is 257 g/mol. The molecule has 0 aromatic carbocycles. The zero-order valence-electron chi connectivity index (χ0n) is 11.3. The van der Waals surface area contributed by atoms with E-state index >= 15 is 0 Å². The fraction of sp³-hybridized carbons (Fsp3) is 0.615. The Labute approximate surface area is 107 Å². The van der Waals surface area contributed by atoms with Crippen LogP contribution in [0.15, 0.2) is 6.07 Å². The van der Waals surface area contributed by atoms with Crippen LogP contribution in [0, 0.1) is 17.6 Å². The molecule has 1 unspecified atom stereocenters. The molecule has 0 bridgehead atoms. The second-order valence-electron chi connectivity index (χ2n) is 4.58. The maximum atomic E-state index is 13.6. The lowest BCUT2D eigenvalue weighted by atomic mass is 10.0. The van der Waals surface area contributed by atoms with Crippen molar-refractivity contribution in [1.82, 2.24) is 4.98 Å². The largest absolute Gasteiger partial charge is 0.368 e. The van der Waals surface area contributed by atoms with Gasteiger partial charge in [-0.25, -0.2) is 13.8 Å². The lowest BCUT2D eigenvalue weighted by molar-refractivity contribution is 0.502. The van der Waals surface area contributed by atoms with E-state index in [0.717, 1.165) is 12.5 Å². The Morgan fingerprint density at radius 2 is 1.78 bits per heavy atom. The summed E-state index contributed by atoms with van der Waals surface area (Å²) in [6.45, 7) is 8.49. The van der Waals surface area contributed by atoms with Crippen molar-refractivity contribution >= 4 is 11.6 Å². The molecule has 0 fully saturated rings. The molecule has 0 spiro atoms. The highest BCUT2D eigenvalue weighted by Gasteiger charge is 2.16. The van der Waals surface area contributed by atoms with Gasteiger partial charge in [0.1, 0.15) is 0 Å². The van der Waals surface area contributed by atoms with E-state index in [9.17, 15) is 8.78 Å². The third-order valence-corrected chi connectivity index (χ3v) is 2.84. The van der Waals surface area contributed by atoms with Crippen molar-refractivity contribution in [3.05, 3.63) is 17.7 Å². The highest BCUT2D eigenvalue weighted by atomic mass is 19.1. The first-order valence-electron chi connectivity index (χ1n) is 6.36. The summed E-state index contributed by atoms with van der Waals surface area (Å²) in [5.41, 5.74) is 0. The molecule has 2 N–H and O–H groups in total. The van der Waals surface area contributed by atoms with E-state index in [4.69, 9.17) is 0 Å². The zero-order valence-corrected chi connectivity index (χ0v) is 11.3. The number of nitrogens with zero attached hydrogens (tertiary/aromatic N) is 1. The molecule has 0 aliphatic heterocycles.